The van der Waals surface area contributed by atoms with Gasteiger partial charge in [0.1, 0.15) is 5.75 Å². The molecular weight excluding hydrogens is 258 g/mol. The number of ketones is 1. The maximum atomic E-state index is 12.5. The van der Waals surface area contributed by atoms with E-state index in [-0.39, 0.29) is 23.7 Å². The number of hydrogen-bond acceptors (Lipinski definition) is 4. The number of ether oxygens (including phenoxy) is 2. The highest BCUT2D eigenvalue weighted by atomic mass is 16.5. The van der Waals surface area contributed by atoms with E-state index < -0.39 is 6.10 Å². The molecule has 3 rings (SSSR count). The molecule has 3 atom stereocenters. The van der Waals surface area contributed by atoms with Crippen molar-refractivity contribution in [3.63, 3.8) is 0 Å². The van der Waals surface area contributed by atoms with Gasteiger partial charge in [-0.1, -0.05) is 0 Å². The second-order valence-corrected chi connectivity index (χ2v) is 5.30. The van der Waals surface area contributed by atoms with Crippen LogP contribution >= 0.6 is 0 Å². The maximum absolute atomic E-state index is 12.5. The number of carbonyl (C=O) groups excluding carboxylic acids is 2. The van der Waals surface area contributed by atoms with E-state index in [9.17, 15) is 9.59 Å². The molecule has 2 aliphatic rings. The number of Topliss-reactive ketones (excluding diaryl/α,β-unsaturated/α-hetero) is 1. The minimum Gasteiger partial charge on any atom is -0.479 e. The molecule has 20 heavy (non-hydrogen) atoms. The van der Waals surface area contributed by atoms with E-state index in [1.807, 2.05) is 6.92 Å². The summed E-state index contributed by atoms with van der Waals surface area (Å²) in [6.07, 6.45) is 0.188. The molecule has 1 amide bonds. The second-order valence-electron chi connectivity index (χ2n) is 5.30. The fraction of sp³-hybridized carbons (Fsp3) is 0.467. The van der Waals surface area contributed by atoms with Crippen molar-refractivity contribution in [2.24, 2.45) is 5.92 Å². The largest absolute Gasteiger partial charge is 0.479 e. The van der Waals surface area contributed by atoms with Crippen molar-refractivity contribution in [2.75, 3.05) is 11.9 Å². The van der Waals surface area contributed by atoms with Crippen LogP contribution in [0.1, 0.15) is 30.6 Å². The van der Waals surface area contributed by atoms with Crippen LogP contribution < -0.4 is 10.1 Å². The van der Waals surface area contributed by atoms with E-state index in [0.29, 0.717) is 23.6 Å². The van der Waals surface area contributed by atoms with Crippen LogP contribution in [0.2, 0.25) is 0 Å². The van der Waals surface area contributed by atoms with Gasteiger partial charge in [-0.15, -0.1) is 0 Å². The van der Waals surface area contributed by atoms with Crippen LogP contribution in [0.3, 0.4) is 0 Å². The van der Waals surface area contributed by atoms with E-state index in [1.165, 1.54) is 0 Å². The summed E-state index contributed by atoms with van der Waals surface area (Å²) >= 11 is 0. The van der Waals surface area contributed by atoms with Crippen molar-refractivity contribution in [3.8, 4) is 5.75 Å². The van der Waals surface area contributed by atoms with Gasteiger partial charge in [0.05, 0.1) is 17.7 Å². The van der Waals surface area contributed by atoms with Crippen LogP contribution in [0.15, 0.2) is 18.2 Å². The molecule has 0 aromatic heterocycles. The van der Waals surface area contributed by atoms with Gasteiger partial charge in [-0.3, -0.25) is 9.59 Å². The fourth-order valence-corrected chi connectivity index (χ4v) is 2.65. The van der Waals surface area contributed by atoms with E-state index in [2.05, 4.69) is 5.32 Å². The van der Waals surface area contributed by atoms with Crippen LogP contribution in [0, 0.1) is 5.92 Å². The highest BCUT2D eigenvalue weighted by molar-refractivity contribution is 6.02. The molecule has 2 heterocycles. The standard InChI is InChI=1S/C15H17NO4/c1-8-11(5-6-19-8)14(17)10-3-4-13-12(7-10)16-15(18)9(2)20-13/h3-4,7-9,11H,5-6H2,1-2H3,(H,16,18). The Kier molecular flexibility index (Phi) is 3.22. The van der Waals surface area contributed by atoms with Gasteiger partial charge in [0.2, 0.25) is 0 Å². The number of anilines is 1. The monoisotopic (exact) mass is 275 g/mol. The molecule has 106 valence electrons. The third-order valence-electron chi connectivity index (χ3n) is 3.91. The molecule has 0 bridgehead atoms. The number of rotatable bonds is 2. The van der Waals surface area contributed by atoms with E-state index >= 15 is 0 Å². The number of hydrogen-bond donors (Lipinski definition) is 1. The smallest absolute Gasteiger partial charge is 0.265 e. The molecule has 0 radical (unpaired) electrons. The Labute approximate surface area is 117 Å². The van der Waals surface area contributed by atoms with E-state index in [1.54, 1.807) is 25.1 Å². The Hall–Kier alpha value is -1.88. The number of nitrogens with one attached hydrogen (secondary N) is 1. The zero-order chi connectivity index (χ0) is 14.3. The zero-order valence-electron chi connectivity index (χ0n) is 11.5. The lowest BCUT2D eigenvalue weighted by molar-refractivity contribution is -0.122. The summed E-state index contributed by atoms with van der Waals surface area (Å²) in [5.41, 5.74) is 1.15. The van der Waals surface area contributed by atoms with Crippen molar-refractivity contribution >= 4 is 17.4 Å². The molecule has 1 aromatic rings. The van der Waals surface area contributed by atoms with Crippen molar-refractivity contribution in [1.82, 2.24) is 0 Å². The topological polar surface area (TPSA) is 64.6 Å². The minimum atomic E-state index is -0.507. The van der Waals surface area contributed by atoms with Crippen molar-refractivity contribution in [3.05, 3.63) is 23.8 Å². The SMILES string of the molecule is CC1Oc2ccc(C(=O)C3CCOC3C)cc2NC1=O. The van der Waals surface area contributed by atoms with Gasteiger partial charge in [-0.05, 0) is 38.5 Å². The molecule has 3 unspecified atom stereocenters. The minimum absolute atomic E-state index is 0.0515. The second kappa shape index (κ2) is 4.90. The molecule has 2 aliphatic heterocycles. The fourth-order valence-electron chi connectivity index (χ4n) is 2.65. The Morgan fingerprint density at radius 2 is 2.15 bits per heavy atom. The highest BCUT2D eigenvalue weighted by Gasteiger charge is 2.32. The first-order chi connectivity index (χ1) is 9.56. The van der Waals surface area contributed by atoms with Crippen LogP contribution in [-0.2, 0) is 9.53 Å². The quantitative estimate of drug-likeness (QED) is 0.839. The number of fused-ring (bicyclic) bond motifs is 1. The molecule has 0 spiro atoms. The summed E-state index contributed by atoms with van der Waals surface area (Å²) in [6, 6.07) is 5.17. The van der Waals surface area contributed by atoms with Gasteiger partial charge in [0.15, 0.2) is 11.9 Å². The van der Waals surface area contributed by atoms with Gasteiger partial charge in [-0.25, -0.2) is 0 Å². The van der Waals surface area contributed by atoms with Crippen LogP contribution in [0.25, 0.3) is 0 Å². The summed E-state index contributed by atoms with van der Waals surface area (Å²) in [6.45, 7) is 4.23. The maximum Gasteiger partial charge on any atom is 0.265 e. The molecule has 1 aromatic carbocycles. The van der Waals surface area contributed by atoms with Gasteiger partial charge >= 0.3 is 0 Å². The molecular formula is C15H17NO4. The molecule has 0 aliphatic carbocycles. The lowest BCUT2D eigenvalue weighted by Gasteiger charge is -2.24. The number of benzene rings is 1. The van der Waals surface area contributed by atoms with E-state index in [0.717, 1.165) is 6.42 Å². The third kappa shape index (κ3) is 2.18. The average Bonchev–Trinajstić information content (AvgIpc) is 2.85. The Morgan fingerprint density at radius 3 is 2.85 bits per heavy atom. The first-order valence-corrected chi connectivity index (χ1v) is 6.83. The molecule has 0 saturated carbocycles. The van der Waals surface area contributed by atoms with Crippen LogP contribution in [-0.4, -0.2) is 30.5 Å². The van der Waals surface area contributed by atoms with Gasteiger partial charge in [-0.2, -0.15) is 0 Å². The van der Waals surface area contributed by atoms with Crippen molar-refractivity contribution in [1.29, 1.82) is 0 Å². The predicted octanol–water partition coefficient (Wildman–Crippen LogP) is 2.01. The van der Waals surface area contributed by atoms with Gasteiger partial charge in [0.25, 0.3) is 5.91 Å². The van der Waals surface area contributed by atoms with E-state index in [4.69, 9.17) is 9.47 Å². The number of carbonyl (C=O) groups is 2. The first-order valence-electron chi connectivity index (χ1n) is 6.83. The summed E-state index contributed by atoms with van der Waals surface area (Å²) < 4.78 is 10.9. The molecule has 5 heteroatoms. The zero-order valence-corrected chi connectivity index (χ0v) is 11.5. The summed E-state index contributed by atoms with van der Waals surface area (Å²) in [5.74, 6) is 0.363. The van der Waals surface area contributed by atoms with Gasteiger partial charge in [0, 0.05) is 12.2 Å². The number of amides is 1. The lowest BCUT2D eigenvalue weighted by Crippen LogP contribution is -2.34. The normalized spacial score (nSPS) is 28.5. The van der Waals surface area contributed by atoms with Crippen molar-refractivity contribution < 1.29 is 19.1 Å². The Morgan fingerprint density at radius 1 is 1.35 bits per heavy atom. The third-order valence-corrected chi connectivity index (χ3v) is 3.91. The summed E-state index contributed by atoms with van der Waals surface area (Å²) in [5, 5.41) is 2.76. The summed E-state index contributed by atoms with van der Waals surface area (Å²) in [7, 11) is 0. The van der Waals surface area contributed by atoms with Crippen LogP contribution in [0.5, 0.6) is 5.75 Å². The Bertz CT molecular complexity index is 569. The lowest BCUT2D eigenvalue weighted by atomic mass is 9.92. The predicted molar refractivity (Wildman–Crippen MR) is 73.0 cm³/mol. The Balaban J connectivity index is 1.87. The van der Waals surface area contributed by atoms with Crippen LogP contribution in [0.4, 0.5) is 5.69 Å². The highest BCUT2D eigenvalue weighted by Crippen LogP contribution is 2.32. The van der Waals surface area contributed by atoms with Gasteiger partial charge < -0.3 is 14.8 Å². The van der Waals surface area contributed by atoms with Crippen molar-refractivity contribution in [2.45, 2.75) is 32.5 Å². The first kappa shape index (κ1) is 13.1. The molecule has 1 fully saturated rings. The molecule has 1 saturated heterocycles. The molecule has 5 nitrogen and oxygen atoms in total. The average molecular weight is 275 g/mol. The molecule has 1 N–H and O–H groups in total. The summed E-state index contributed by atoms with van der Waals surface area (Å²) in [4.78, 5) is 24.1.